The fourth-order valence-electron chi connectivity index (χ4n) is 1.49. The summed E-state index contributed by atoms with van der Waals surface area (Å²) in [4.78, 5) is 15.9. The second-order valence-electron chi connectivity index (χ2n) is 3.93. The number of hydrogen-bond acceptors (Lipinski definition) is 3. The van der Waals surface area contributed by atoms with Crippen molar-refractivity contribution in [3.05, 3.63) is 52.3 Å². The molecule has 0 spiro atoms. The Hall–Kier alpha value is -1.78. The van der Waals surface area contributed by atoms with Crippen molar-refractivity contribution < 1.29 is 4.79 Å². The van der Waals surface area contributed by atoms with Crippen molar-refractivity contribution in [2.75, 3.05) is 11.1 Å². The number of nitrogens with one attached hydrogen (secondary N) is 1. The Morgan fingerprint density at radius 2 is 2.05 bits per heavy atom. The van der Waals surface area contributed by atoms with Crippen LogP contribution in [0.5, 0.6) is 0 Å². The highest BCUT2D eigenvalue weighted by molar-refractivity contribution is 6.35. The normalized spacial score (nSPS) is 10.2. The number of benzene rings is 1. The molecule has 0 radical (unpaired) electrons. The Labute approximate surface area is 120 Å². The fraction of sp³-hybridized carbons (Fsp3) is 0.0769. The second kappa shape index (κ2) is 5.91. The van der Waals surface area contributed by atoms with Gasteiger partial charge in [0.25, 0.3) is 0 Å². The smallest absolute Gasteiger partial charge is 0.230 e. The number of halogens is 2. The van der Waals surface area contributed by atoms with E-state index in [9.17, 15) is 4.79 Å². The van der Waals surface area contributed by atoms with Crippen LogP contribution in [0.2, 0.25) is 10.0 Å². The minimum atomic E-state index is -0.221. The largest absolute Gasteiger partial charge is 0.397 e. The molecule has 0 atom stereocenters. The van der Waals surface area contributed by atoms with Crippen molar-refractivity contribution in [1.82, 2.24) is 4.98 Å². The maximum atomic E-state index is 11.8. The minimum absolute atomic E-state index is 0.142. The van der Waals surface area contributed by atoms with E-state index in [-0.39, 0.29) is 12.3 Å². The Bertz CT molecular complexity index is 599. The first-order chi connectivity index (χ1) is 9.04. The molecule has 0 unspecified atom stereocenters. The van der Waals surface area contributed by atoms with E-state index in [0.29, 0.717) is 27.1 Å². The van der Waals surface area contributed by atoms with E-state index >= 15 is 0 Å². The topological polar surface area (TPSA) is 68.0 Å². The van der Waals surface area contributed by atoms with Crippen molar-refractivity contribution in [2.24, 2.45) is 0 Å². The molecule has 1 amide bonds. The summed E-state index contributed by atoms with van der Waals surface area (Å²) in [5, 5.41) is 3.63. The lowest BCUT2D eigenvalue weighted by atomic mass is 10.2. The highest BCUT2D eigenvalue weighted by Gasteiger charge is 2.08. The molecule has 0 aliphatic rings. The van der Waals surface area contributed by atoms with Crippen molar-refractivity contribution >= 4 is 40.5 Å². The Kier molecular flexibility index (Phi) is 4.24. The summed E-state index contributed by atoms with van der Waals surface area (Å²) < 4.78 is 0. The second-order valence-corrected chi connectivity index (χ2v) is 4.78. The van der Waals surface area contributed by atoms with E-state index < -0.39 is 0 Å². The van der Waals surface area contributed by atoms with Gasteiger partial charge in [-0.3, -0.25) is 9.78 Å². The van der Waals surface area contributed by atoms with Gasteiger partial charge in [0, 0.05) is 10.7 Å². The van der Waals surface area contributed by atoms with Gasteiger partial charge in [-0.15, -0.1) is 0 Å². The molecule has 98 valence electrons. The number of rotatable bonds is 3. The molecule has 0 aliphatic carbocycles. The molecule has 1 aromatic carbocycles. The quantitative estimate of drug-likeness (QED) is 0.914. The molecule has 1 heterocycles. The van der Waals surface area contributed by atoms with E-state index in [0.717, 1.165) is 0 Å². The third-order valence-electron chi connectivity index (χ3n) is 2.39. The molecule has 2 rings (SSSR count). The zero-order valence-corrected chi connectivity index (χ0v) is 11.4. The minimum Gasteiger partial charge on any atom is -0.397 e. The van der Waals surface area contributed by atoms with Crippen LogP contribution in [0.1, 0.15) is 5.69 Å². The van der Waals surface area contributed by atoms with Gasteiger partial charge in [0.15, 0.2) is 0 Å². The number of pyridine rings is 1. The first-order valence-corrected chi connectivity index (χ1v) is 6.25. The Balaban J connectivity index is 2.05. The molecule has 0 bridgehead atoms. The first-order valence-electron chi connectivity index (χ1n) is 5.50. The van der Waals surface area contributed by atoms with Crippen LogP contribution in [-0.4, -0.2) is 10.9 Å². The summed E-state index contributed by atoms with van der Waals surface area (Å²) in [6.45, 7) is 0. The van der Waals surface area contributed by atoms with Crippen LogP contribution in [0.3, 0.4) is 0 Å². The van der Waals surface area contributed by atoms with Crippen LogP contribution in [0.25, 0.3) is 0 Å². The Morgan fingerprint density at radius 1 is 1.26 bits per heavy atom. The number of amides is 1. The van der Waals surface area contributed by atoms with Crippen molar-refractivity contribution in [2.45, 2.75) is 6.42 Å². The van der Waals surface area contributed by atoms with Gasteiger partial charge in [0.05, 0.1) is 29.0 Å². The average Bonchev–Trinajstić information content (AvgIpc) is 2.37. The lowest BCUT2D eigenvalue weighted by Crippen LogP contribution is -2.15. The van der Waals surface area contributed by atoms with Gasteiger partial charge >= 0.3 is 0 Å². The predicted octanol–water partition coefficient (Wildman–Crippen LogP) is 3.15. The number of anilines is 2. The number of nitrogens with zero attached hydrogens (tertiary/aromatic N) is 1. The summed E-state index contributed by atoms with van der Waals surface area (Å²) in [5.41, 5.74) is 7.19. The fourth-order valence-corrected chi connectivity index (χ4v) is 1.83. The van der Waals surface area contributed by atoms with Crippen molar-refractivity contribution in [1.29, 1.82) is 0 Å². The van der Waals surface area contributed by atoms with Crippen LogP contribution in [0.4, 0.5) is 11.4 Å². The van der Waals surface area contributed by atoms with E-state index in [2.05, 4.69) is 10.3 Å². The number of nitrogen functional groups attached to an aromatic ring is 1. The number of aromatic nitrogens is 1. The van der Waals surface area contributed by atoms with Crippen molar-refractivity contribution in [3.8, 4) is 0 Å². The van der Waals surface area contributed by atoms with Crippen LogP contribution in [0, 0.1) is 0 Å². The highest BCUT2D eigenvalue weighted by atomic mass is 35.5. The maximum absolute atomic E-state index is 11.8. The summed E-state index contributed by atoms with van der Waals surface area (Å²) in [7, 11) is 0. The third-order valence-corrected chi connectivity index (χ3v) is 2.96. The molecule has 0 saturated heterocycles. The molecular weight excluding hydrogens is 285 g/mol. The predicted molar refractivity (Wildman–Crippen MR) is 77.4 cm³/mol. The van der Waals surface area contributed by atoms with Gasteiger partial charge in [0.2, 0.25) is 5.91 Å². The van der Waals surface area contributed by atoms with Gasteiger partial charge in [0.1, 0.15) is 0 Å². The number of nitrogens with two attached hydrogens (primary N) is 1. The standard InChI is InChI=1S/C13H11Cl2N3O/c14-8-1-4-11(15)12(5-8)18-13(19)6-10-3-2-9(16)7-17-10/h1-5,7H,6,16H2,(H,18,19). The molecule has 19 heavy (non-hydrogen) atoms. The van der Waals surface area contributed by atoms with Crippen LogP contribution >= 0.6 is 23.2 Å². The van der Waals surface area contributed by atoms with Gasteiger partial charge < -0.3 is 11.1 Å². The van der Waals surface area contributed by atoms with Crippen LogP contribution in [0.15, 0.2) is 36.5 Å². The molecule has 6 heteroatoms. The number of hydrogen-bond donors (Lipinski definition) is 2. The molecule has 1 aromatic heterocycles. The summed E-state index contributed by atoms with van der Waals surface area (Å²) in [5.74, 6) is -0.221. The summed E-state index contributed by atoms with van der Waals surface area (Å²) in [6.07, 6.45) is 1.65. The van der Waals surface area contributed by atoms with E-state index in [4.69, 9.17) is 28.9 Å². The molecule has 2 aromatic rings. The van der Waals surface area contributed by atoms with E-state index in [1.807, 2.05) is 0 Å². The van der Waals surface area contributed by atoms with Gasteiger partial charge in [-0.25, -0.2) is 0 Å². The first kappa shape index (κ1) is 13.6. The number of carbonyl (C=O) groups is 1. The SMILES string of the molecule is Nc1ccc(CC(=O)Nc2cc(Cl)ccc2Cl)nc1. The monoisotopic (exact) mass is 295 g/mol. The molecule has 0 saturated carbocycles. The zero-order valence-electron chi connectivity index (χ0n) is 9.86. The van der Waals surface area contributed by atoms with Crippen molar-refractivity contribution in [3.63, 3.8) is 0 Å². The van der Waals surface area contributed by atoms with Crippen LogP contribution < -0.4 is 11.1 Å². The highest BCUT2D eigenvalue weighted by Crippen LogP contribution is 2.25. The number of carbonyl (C=O) groups excluding carboxylic acids is 1. The van der Waals surface area contributed by atoms with Gasteiger partial charge in [-0.05, 0) is 30.3 Å². The lowest BCUT2D eigenvalue weighted by molar-refractivity contribution is -0.115. The zero-order chi connectivity index (χ0) is 13.8. The molecule has 4 nitrogen and oxygen atoms in total. The van der Waals surface area contributed by atoms with Crippen LogP contribution in [-0.2, 0) is 11.2 Å². The molecule has 0 fully saturated rings. The molecule has 0 aliphatic heterocycles. The summed E-state index contributed by atoms with van der Waals surface area (Å²) in [6, 6.07) is 8.27. The third kappa shape index (κ3) is 3.84. The molecular formula is C13H11Cl2N3O. The van der Waals surface area contributed by atoms with E-state index in [1.165, 1.54) is 6.20 Å². The maximum Gasteiger partial charge on any atom is 0.230 e. The summed E-state index contributed by atoms with van der Waals surface area (Å²) >= 11 is 11.8. The van der Waals surface area contributed by atoms with Gasteiger partial charge in [-0.2, -0.15) is 0 Å². The molecule has 3 N–H and O–H groups in total. The average molecular weight is 296 g/mol. The van der Waals surface area contributed by atoms with Gasteiger partial charge in [-0.1, -0.05) is 23.2 Å². The Morgan fingerprint density at radius 3 is 2.74 bits per heavy atom. The van der Waals surface area contributed by atoms with E-state index in [1.54, 1.807) is 30.3 Å². The lowest BCUT2D eigenvalue weighted by Gasteiger charge is -2.07.